The van der Waals surface area contributed by atoms with E-state index in [2.05, 4.69) is 5.48 Å². The standard InChI is InChI=1S/C16H22N2O5/c1-3-21-8-9-22-10-11-23-17-12(2)18-15(19)13-6-4-5-7-14(13)16(18)20/h4-7,12,17H,3,8-11H2,1-2H3. The molecule has 2 amide bonds. The number of nitrogens with zero attached hydrogens (tertiary/aromatic N) is 1. The molecule has 1 aromatic carbocycles. The molecule has 0 radical (unpaired) electrons. The van der Waals surface area contributed by atoms with E-state index >= 15 is 0 Å². The molecule has 0 fully saturated rings. The Kier molecular flexibility index (Phi) is 6.66. The van der Waals surface area contributed by atoms with Gasteiger partial charge in [0.05, 0.1) is 37.6 Å². The zero-order valence-corrected chi connectivity index (χ0v) is 13.4. The van der Waals surface area contributed by atoms with Gasteiger partial charge >= 0.3 is 0 Å². The van der Waals surface area contributed by atoms with Gasteiger partial charge in [-0.2, -0.15) is 5.48 Å². The number of imide groups is 1. The van der Waals surface area contributed by atoms with Crippen LogP contribution in [-0.2, 0) is 14.3 Å². The summed E-state index contributed by atoms with van der Waals surface area (Å²) in [7, 11) is 0. The summed E-state index contributed by atoms with van der Waals surface area (Å²) in [5.41, 5.74) is 3.54. The molecular weight excluding hydrogens is 300 g/mol. The highest BCUT2D eigenvalue weighted by Gasteiger charge is 2.38. The molecule has 1 aromatic rings. The summed E-state index contributed by atoms with van der Waals surface area (Å²) in [4.78, 5) is 30.9. The normalized spacial score (nSPS) is 15.1. The molecule has 1 aliphatic rings. The first-order valence-electron chi connectivity index (χ1n) is 7.66. The number of carbonyl (C=O) groups excluding carboxylic acids is 2. The van der Waals surface area contributed by atoms with Crippen molar-refractivity contribution >= 4 is 11.8 Å². The molecular formula is C16H22N2O5. The molecule has 1 aliphatic heterocycles. The van der Waals surface area contributed by atoms with Crippen molar-refractivity contribution < 1.29 is 23.9 Å². The van der Waals surface area contributed by atoms with E-state index in [1.807, 2.05) is 6.92 Å². The lowest BCUT2D eigenvalue weighted by Gasteiger charge is -2.23. The van der Waals surface area contributed by atoms with Crippen LogP contribution in [0.3, 0.4) is 0 Å². The molecule has 7 nitrogen and oxygen atoms in total. The number of benzene rings is 1. The van der Waals surface area contributed by atoms with Crippen LogP contribution in [0.5, 0.6) is 0 Å². The van der Waals surface area contributed by atoms with Gasteiger partial charge < -0.3 is 9.47 Å². The molecule has 126 valence electrons. The SMILES string of the molecule is CCOCCOCCONC(C)N1C(=O)c2ccccc2C1=O. The second kappa shape index (κ2) is 8.73. The van der Waals surface area contributed by atoms with Gasteiger partial charge in [0.2, 0.25) is 0 Å². The topological polar surface area (TPSA) is 77.1 Å². The second-order valence-electron chi connectivity index (χ2n) is 4.98. The third-order valence-corrected chi connectivity index (χ3v) is 3.37. The van der Waals surface area contributed by atoms with Gasteiger partial charge in [-0.25, -0.2) is 0 Å². The monoisotopic (exact) mass is 322 g/mol. The lowest BCUT2D eigenvalue weighted by molar-refractivity contribution is -0.0457. The summed E-state index contributed by atoms with van der Waals surface area (Å²) in [5, 5.41) is 0. The Bertz CT molecular complexity index is 514. The fourth-order valence-electron chi connectivity index (χ4n) is 2.26. The summed E-state index contributed by atoms with van der Waals surface area (Å²) in [6.45, 7) is 6.04. The molecule has 23 heavy (non-hydrogen) atoms. The van der Waals surface area contributed by atoms with Gasteiger partial charge in [0, 0.05) is 6.61 Å². The first-order chi connectivity index (χ1) is 11.2. The van der Waals surface area contributed by atoms with Crippen LogP contribution in [0.15, 0.2) is 24.3 Å². The van der Waals surface area contributed by atoms with Crippen LogP contribution < -0.4 is 5.48 Å². The Morgan fingerprint density at radius 3 is 2.17 bits per heavy atom. The Morgan fingerprint density at radius 1 is 1.00 bits per heavy atom. The van der Waals surface area contributed by atoms with Gasteiger partial charge in [0.15, 0.2) is 0 Å². The average molecular weight is 322 g/mol. The molecule has 0 bridgehead atoms. The maximum Gasteiger partial charge on any atom is 0.262 e. The van der Waals surface area contributed by atoms with Gasteiger partial charge in [-0.3, -0.25) is 19.3 Å². The molecule has 2 rings (SSSR count). The van der Waals surface area contributed by atoms with E-state index in [9.17, 15) is 9.59 Å². The first-order valence-corrected chi connectivity index (χ1v) is 7.66. The van der Waals surface area contributed by atoms with Gasteiger partial charge in [-0.15, -0.1) is 0 Å². The van der Waals surface area contributed by atoms with Crippen LogP contribution in [0.1, 0.15) is 34.6 Å². The van der Waals surface area contributed by atoms with E-state index in [0.29, 0.717) is 44.2 Å². The largest absolute Gasteiger partial charge is 0.379 e. The molecule has 0 saturated carbocycles. The Morgan fingerprint density at radius 2 is 1.57 bits per heavy atom. The molecule has 1 heterocycles. The highest BCUT2D eigenvalue weighted by atomic mass is 16.7. The third kappa shape index (κ3) is 4.35. The van der Waals surface area contributed by atoms with Crippen molar-refractivity contribution in [1.29, 1.82) is 0 Å². The predicted molar refractivity (Wildman–Crippen MR) is 82.8 cm³/mol. The Labute approximate surface area is 135 Å². The number of hydrogen-bond acceptors (Lipinski definition) is 6. The number of nitrogens with one attached hydrogen (secondary N) is 1. The van der Waals surface area contributed by atoms with E-state index in [1.165, 1.54) is 0 Å². The number of rotatable bonds is 10. The van der Waals surface area contributed by atoms with Crippen molar-refractivity contribution in [1.82, 2.24) is 10.4 Å². The zero-order chi connectivity index (χ0) is 16.7. The zero-order valence-electron chi connectivity index (χ0n) is 13.4. The van der Waals surface area contributed by atoms with Crippen molar-refractivity contribution in [2.24, 2.45) is 0 Å². The number of hydrogen-bond donors (Lipinski definition) is 1. The Balaban J connectivity index is 1.72. The predicted octanol–water partition coefficient (Wildman–Crippen LogP) is 1.20. The summed E-state index contributed by atoms with van der Waals surface area (Å²) >= 11 is 0. The number of amides is 2. The molecule has 0 spiro atoms. The van der Waals surface area contributed by atoms with Crippen LogP contribution in [-0.4, -0.2) is 55.9 Å². The number of carbonyl (C=O) groups is 2. The van der Waals surface area contributed by atoms with Crippen LogP contribution >= 0.6 is 0 Å². The molecule has 0 saturated heterocycles. The van der Waals surface area contributed by atoms with Crippen molar-refractivity contribution in [3.8, 4) is 0 Å². The minimum atomic E-state index is -0.564. The second-order valence-corrected chi connectivity index (χ2v) is 4.98. The minimum Gasteiger partial charge on any atom is -0.379 e. The van der Waals surface area contributed by atoms with Crippen LogP contribution in [0, 0.1) is 0 Å². The van der Waals surface area contributed by atoms with E-state index in [0.717, 1.165) is 4.90 Å². The van der Waals surface area contributed by atoms with Crippen molar-refractivity contribution in [2.45, 2.75) is 20.0 Å². The van der Waals surface area contributed by atoms with Crippen LogP contribution in [0.4, 0.5) is 0 Å². The van der Waals surface area contributed by atoms with Crippen molar-refractivity contribution in [3.05, 3.63) is 35.4 Å². The summed E-state index contributed by atoms with van der Waals surface area (Å²) in [6.07, 6.45) is -0.564. The van der Waals surface area contributed by atoms with Crippen LogP contribution in [0.25, 0.3) is 0 Å². The molecule has 1 atom stereocenters. The van der Waals surface area contributed by atoms with Gasteiger partial charge in [0.1, 0.15) is 6.17 Å². The smallest absolute Gasteiger partial charge is 0.262 e. The minimum absolute atomic E-state index is 0.305. The van der Waals surface area contributed by atoms with Crippen molar-refractivity contribution in [2.75, 3.05) is 33.0 Å². The van der Waals surface area contributed by atoms with Crippen molar-refractivity contribution in [3.63, 3.8) is 0 Å². The number of ether oxygens (including phenoxy) is 2. The molecule has 1 unspecified atom stereocenters. The highest BCUT2D eigenvalue weighted by Crippen LogP contribution is 2.23. The molecule has 7 heteroatoms. The number of hydroxylamine groups is 1. The van der Waals surface area contributed by atoms with Gasteiger partial charge in [-0.05, 0) is 26.0 Å². The first kappa shape index (κ1) is 17.6. The van der Waals surface area contributed by atoms with E-state index in [1.54, 1.807) is 31.2 Å². The fourth-order valence-corrected chi connectivity index (χ4v) is 2.26. The molecule has 0 aromatic heterocycles. The maximum absolute atomic E-state index is 12.3. The lowest BCUT2D eigenvalue weighted by atomic mass is 10.1. The lowest BCUT2D eigenvalue weighted by Crippen LogP contribution is -2.47. The van der Waals surface area contributed by atoms with E-state index < -0.39 is 6.17 Å². The maximum atomic E-state index is 12.3. The van der Waals surface area contributed by atoms with E-state index in [-0.39, 0.29) is 11.8 Å². The average Bonchev–Trinajstić information content (AvgIpc) is 2.82. The number of fused-ring (bicyclic) bond motifs is 1. The van der Waals surface area contributed by atoms with E-state index in [4.69, 9.17) is 14.3 Å². The summed E-state index contributed by atoms with van der Waals surface area (Å²) < 4.78 is 10.4. The fraction of sp³-hybridized carbons (Fsp3) is 0.500. The van der Waals surface area contributed by atoms with Gasteiger partial charge in [0.25, 0.3) is 11.8 Å². The summed E-state index contributed by atoms with van der Waals surface area (Å²) in [6, 6.07) is 6.77. The molecule has 0 aliphatic carbocycles. The Hall–Kier alpha value is -1.80. The van der Waals surface area contributed by atoms with Crippen LogP contribution in [0.2, 0.25) is 0 Å². The highest BCUT2D eigenvalue weighted by molar-refractivity contribution is 6.21. The quantitative estimate of drug-likeness (QED) is 0.396. The van der Waals surface area contributed by atoms with Gasteiger partial charge in [-0.1, -0.05) is 12.1 Å². The summed E-state index contributed by atoms with van der Waals surface area (Å²) in [5.74, 6) is -0.635. The third-order valence-electron chi connectivity index (χ3n) is 3.37. The molecule has 1 N–H and O–H groups in total.